The van der Waals surface area contributed by atoms with E-state index in [2.05, 4.69) is 5.32 Å². The molecule has 1 aliphatic heterocycles. The molecule has 1 atom stereocenters. The van der Waals surface area contributed by atoms with Crippen molar-refractivity contribution in [2.45, 2.75) is 26.3 Å². The van der Waals surface area contributed by atoms with Crippen molar-refractivity contribution in [1.29, 1.82) is 0 Å². The molecule has 21 heavy (non-hydrogen) atoms. The van der Waals surface area contributed by atoms with Gasteiger partial charge in [0.2, 0.25) is 5.91 Å². The molecule has 2 rings (SSSR count). The van der Waals surface area contributed by atoms with Crippen molar-refractivity contribution in [3.8, 4) is 0 Å². The molecule has 0 saturated carbocycles. The van der Waals surface area contributed by atoms with Crippen LogP contribution in [0, 0.1) is 13.8 Å². The molecule has 1 aromatic rings. The number of nitrogens with one attached hydrogen (secondary N) is 1. The van der Waals surface area contributed by atoms with Crippen molar-refractivity contribution in [3.63, 3.8) is 0 Å². The third-order valence-electron chi connectivity index (χ3n) is 3.97. The predicted octanol–water partition coefficient (Wildman–Crippen LogP) is 1.04. The summed E-state index contributed by atoms with van der Waals surface area (Å²) in [7, 11) is -1.09. The Labute approximate surface area is 126 Å². The van der Waals surface area contributed by atoms with Gasteiger partial charge in [-0.2, -0.15) is 0 Å². The minimum Gasteiger partial charge on any atom is -0.365 e. The van der Waals surface area contributed by atoms with Gasteiger partial charge in [0.1, 0.15) is 0 Å². The number of sulfone groups is 1. The largest absolute Gasteiger partial charge is 0.365 e. The quantitative estimate of drug-likeness (QED) is 0.902. The van der Waals surface area contributed by atoms with Gasteiger partial charge in [-0.3, -0.25) is 4.79 Å². The molecular weight excluding hydrogens is 288 g/mol. The van der Waals surface area contributed by atoms with Crippen LogP contribution in [0.25, 0.3) is 0 Å². The van der Waals surface area contributed by atoms with Gasteiger partial charge in [-0.15, -0.1) is 0 Å². The molecule has 0 aliphatic carbocycles. The first-order valence-corrected chi connectivity index (χ1v) is 8.88. The maximum atomic E-state index is 12.0. The topological polar surface area (TPSA) is 66.5 Å². The van der Waals surface area contributed by atoms with E-state index >= 15 is 0 Å². The van der Waals surface area contributed by atoms with Crippen molar-refractivity contribution in [1.82, 2.24) is 5.32 Å². The Balaban J connectivity index is 1.95. The first kappa shape index (κ1) is 15.8. The normalized spacial score (nSPS) is 20.2. The number of rotatable bonds is 4. The Kier molecular flexibility index (Phi) is 4.56. The number of hydrogen-bond donors (Lipinski definition) is 1. The summed E-state index contributed by atoms with van der Waals surface area (Å²) in [4.78, 5) is 13.9. The third-order valence-corrected chi connectivity index (χ3v) is 5.73. The molecule has 1 heterocycles. The van der Waals surface area contributed by atoms with Gasteiger partial charge in [0.15, 0.2) is 9.84 Å². The van der Waals surface area contributed by atoms with Gasteiger partial charge in [-0.25, -0.2) is 8.42 Å². The fourth-order valence-electron chi connectivity index (χ4n) is 2.63. The van der Waals surface area contributed by atoms with E-state index in [0.717, 1.165) is 11.3 Å². The molecule has 0 spiro atoms. The average molecular weight is 310 g/mol. The molecule has 5 nitrogen and oxygen atoms in total. The second-order valence-electron chi connectivity index (χ2n) is 5.74. The van der Waals surface area contributed by atoms with Gasteiger partial charge in [-0.1, -0.05) is 12.1 Å². The van der Waals surface area contributed by atoms with Crippen LogP contribution in [0.3, 0.4) is 0 Å². The number of anilines is 1. The molecule has 1 amide bonds. The summed E-state index contributed by atoms with van der Waals surface area (Å²) >= 11 is 0. The monoisotopic (exact) mass is 310 g/mol. The Bertz CT molecular complexity index is 640. The number of nitrogens with zero attached hydrogens (tertiary/aromatic N) is 1. The molecule has 0 radical (unpaired) electrons. The number of carbonyl (C=O) groups excluding carboxylic acids is 1. The summed E-state index contributed by atoms with van der Waals surface area (Å²) in [6.45, 7) is 4.29. The standard InChI is InChI=1S/C15H22N2O3S/c1-11-5-4-6-14(12(11)2)17(3)9-15(18)16-13-7-8-21(19,20)10-13/h4-6,13H,7-10H2,1-3H3,(H,16,18). The molecule has 1 fully saturated rings. The molecular formula is C15H22N2O3S. The Morgan fingerprint density at radius 1 is 1.38 bits per heavy atom. The van der Waals surface area contributed by atoms with Gasteiger partial charge in [0.25, 0.3) is 0 Å². The van der Waals surface area contributed by atoms with Crippen molar-refractivity contribution >= 4 is 21.4 Å². The van der Waals surface area contributed by atoms with Crippen molar-refractivity contribution in [2.24, 2.45) is 0 Å². The highest BCUT2D eigenvalue weighted by Crippen LogP contribution is 2.21. The lowest BCUT2D eigenvalue weighted by Gasteiger charge is -2.22. The van der Waals surface area contributed by atoms with E-state index in [-0.39, 0.29) is 30.0 Å². The lowest BCUT2D eigenvalue weighted by molar-refractivity contribution is -0.120. The van der Waals surface area contributed by atoms with Gasteiger partial charge in [0, 0.05) is 18.8 Å². The summed E-state index contributed by atoms with van der Waals surface area (Å²) in [5.41, 5.74) is 3.35. The number of likely N-dealkylation sites (N-methyl/N-ethyl adjacent to an activating group) is 1. The number of carbonyl (C=O) groups is 1. The third kappa shape index (κ3) is 3.97. The van der Waals surface area contributed by atoms with Crippen molar-refractivity contribution in [3.05, 3.63) is 29.3 Å². The molecule has 1 aromatic carbocycles. The minimum absolute atomic E-state index is 0.0614. The number of benzene rings is 1. The number of aryl methyl sites for hydroxylation is 1. The highest BCUT2D eigenvalue weighted by atomic mass is 32.2. The second-order valence-corrected chi connectivity index (χ2v) is 7.97. The summed E-state index contributed by atoms with van der Waals surface area (Å²) in [5.74, 6) is 0.0944. The Morgan fingerprint density at radius 3 is 2.71 bits per heavy atom. The maximum Gasteiger partial charge on any atom is 0.239 e. The molecule has 1 saturated heterocycles. The first-order chi connectivity index (χ1) is 9.78. The van der Waals surface area contributed by atoms with Gasteiger partial charge >= 0.3 is 0 Å². The zero-order chi connectivity index (χ0) is 15.6. The lowest BCUT2D eigenvalue weighted by atomic mass is 10.1. The minimum atomic E-state index is -2.96. The second kappa shape index (κ2) is 6.05. The SMILES string of the molecule is Cc1cccc(N(C)CC(=O)NC2CCS(=O)(=O)C2)c1C. The van der Waals surface area contributed by atoms with Crippen LogP contribution in [0.1, 0.15) is 17.5 Å². The van der Waals surface area contributed by atoms with Gasteiger partial charge in [-0.05, 0) is 37.5 Å². The average Bonchev–Trinajstić information content (AvgIpc) is 2.71. The number of hydrogen-bond acceptors (Lipinski definition) is 4. The first-order valence-electron chi connectivity index (χ1n) is 7.05. The van der Waals surface area contributed by atoms with Gasteiger partial charge < -0.3 is 10.2 Å². The zero-order valence-electron chi connectivity index (χ0n) is 12.7. The Morgan fingerprint density at radius 2 is 2.10 bits per heavy atom. The smallest absolute Gasteiger partial charge is 0.239 e. The van der Waals surface area contributed by atoms with Crippen LogP contribution in [-0.2, 0) is 14.6 Å². The van der Waals surface area contributed by atoms with E-state index in [4.69, 9.17) is 0 Å². The fourth-order valence-corrected chi connectivity index (χ4v) is 4.31. The van der Waals surface area contributed by atoms with E-state index < -0.39 is 9.84 Å². The van der Waals surface area contributed by atoms with E-state index in [1.165, 1.54) is 5.56 Å². The lowest BCUT2D eigenvalue weighted by Crippen LogP contribution is -2.41. The molecule has 1 N–H and O–H groups in total. The molecule has 0 aromatic heterocycles. The fraction of sp³-hybridized carbons (Fsp3) is 0.533. The van der Waals surface area contributed by atoms with Crippen LogP contribution in [0.15, 0.2) is 18.2 Å². The summed E-state index contributed by atoms with van der Waals surface area (Å²) in [6.07, 6.45) is 0.515. The van der Waals surface area contributed by atoms with Gasteiger partial charge in [0.05, 0.1) is 18.1 Å². The van der Waals surface area contributed by atoms with E-state index in [1.54, 1.807) is 0 Å². The molecule has 1 unspecified atom stereocenters. The highest BCUT2D eigenvalue weighted by molar-refractivity contribution is 7.91. The molecule has 116 valence electrons. The molecule has 6 heteroatoms. The van der Waals surface area contributed by atoms with E-state index in [9.17, 15) is 13.2 Å². The van der Waals surface area contributed by atoms with Crippen LogP contribution in [0.2, 0.25) is 0 Å². The summed E-state index contributed by atoms with van der Waals surface area (Å²) in [6, 6.07) is 5.75. The van der Waals surface area contributed by atoms with Crippen LogP contribution in [-0.4, -0.2) is 45.5 Å². The zero-order valence-corrected chi connectivity index (χ0v) is 13.5. The summed E-state index contributed by atoms with van der Waals surface area (Å²) < 4.78 is 22.8. The Hall–Kier alpha value is -1.56. The highest BCUT2D eigenvalue weighted by Gasteiger charge is 2.29. The van der Waals surface area contributed by atoms with E-state index in [0.29, 0.717) is 6.42 Å². The predicted molar refractivity (Wildman–Crippen MR) is 84.4 cm³/mol. The number of amides is 1. The van der Waals surface area contributed by atoms with Crippen LogP contribution < -0.4 is 10.2 Å². The molecule has 0 bridgehead atoms. The molecule has 1 aliphatic rings. The van der Waals surface area contributed by atoms with Crippen LogP contribution >= 0.6 is 0 Å². The van der Waals surface area contributed by atoms with Crippen LogP contribution in [0.5, 0.6) is 0 Å². The van der Waals surface area contributed by atoms with Crippen LogP contribution in [0.4, 0.5) is 5.69 Å². The maximum absolute atomic E-state index is 12.0. The van der Waals surface area contributed by atoms with Crippen molar-refractivity contribution < 1.29 is 13.2 Å². The van der Waals surface area contributed by atoms with Crippen molar-refractivity contribution in [2.75, 3.05) is 30.0 Å². The van der Waals surface area contributed by atoms with E-state index in [1.807, 2.05) is 44.0 Å². The summed E-state index contributed by atoms with van der Waals surface area (Å²) in [5, 5.41) is 2.81.